The zero-order chi connectivity index (χ0) is 9.84. The molecule has 76 valence electrons. The molecule has 0 spiro atoms. The van der Waals surface area contributed by atoms with Crippen LogP contribution in [0.5, 0.6) is 0 Å². The SMILES string of the molecule is CN[C@@H](C)C(=O)N1CCS(=O)CC1. The number of hydrogen-bond acceptors (Lipinski definition) is 3. The van der Waals surface area contributed by atoms with Gasteiger partial charge < -0.3 is 10.2 Å². The molecule has 0 aromatic rings. The Morgan fingerprint density at radius 1 is 1.46 bits per heavy atom. The number of likely N-dealkylation sites (N-methyl/N-ethyl adjacent to an activating group) is 1. The molecule has 1 saturated heterocycles. The smallest absolute Gasteiger partial charge is 0.239 e. The van der Waals surface area contributed by atoms with Gasteiger partial charge in [0.2, 0.25) is 5.91 Å². The largest absolute Gasteiger partial charge is 0.340 e. The Balaban J connectivity index is 2.44. The molecule has 0 saturated carbocycles. The van der Waals surface area contributed by atoms with Gasteiger partial charge in [-0.3, -0.25) is 9.00 Å². The molecule has 0 bridgehead atoms. The van der Waals surface area contributed by atoms with Crippen molar-refractivity contribution in [1.29, 1.82) is 0 Å². The highest BCUT2D eigenvalue weighted by atomic mass is 32.2. The van der Waals surface area contributed by atoms with Crippen LogP contribution in [0.3, 0.4) is 0 Å². The Hall–Kier alpha value is -0.420. The minimum atomic E-state index is -0.707. The Labute approximate surface area is 81.1 Å². The van der Waals surface area contributed by atoms with Gasteiger partial charge >= 0.3 is 0 Å². The predicted molar refractivity (Wildman–Crippen MR) is 53.0 cm³/mol. The van der Waals surface area contributed by atoms with Crippen molar-refractivity contribution in [2.24, 2.45) is 0 Å². The molecule has 0 unspecified atom stereocenters. The number of rotatable bonds is 2. The van der Waals surface area contributed by atoms with Crippen LogP contribution < -0.4 is 5.32 Å². The van der Waals surface area contributed by atoms with Crippen LogP contribution in [0.15, 0.2) is 0 Å². The van der Waals surface area contributed by atoms with Crippen LogP contribution in [-0.4, -0.2) is 52.7 Å². The zero-order valence-corrected chi connectivity index (χ0v) is 8.89. The number of carbonyl (C=O) groups is 1. The summed E-state index contributed by atoms with van der Waals surface area (Å²) in [6.45, 7) is 3.11. The molecule has 0 aliphatic carbocycles. The van der Waals surface area contributed by atoms with Crippen molar-refractivity contribution in [1.82, 2.24) is 10.2 Å². The number of nitrogens with one attached hydrogen (secondary N) is 1. The van der Waals surface area contributed by atoms with E-state index in [2.05, 4.69) is 5.32 Å². The number of amides is 1. The summed E-state index contributed by atoms with van der Waals surface area (Å²) in [4.78, 5) is 13.4. The van der Waals surface area contributed by atoms with Crippen molar-refractivity contribution in [2.75, 3.05) is 31.6 Å². The Morgan fingerprint density at radius 2 is 2.00 bits per heavy atom. The van der Waals surface area contributed by atoms with Crippen molar-refractivity contribution in [3.63, 3.8) is 0 Å². The quantitative estimate of drug-likeness (QED) is 0.640. The Kier molecular flexibility index (Phi) is 3.87. The molecule has 5 heteroatoms. The lowest BCUT2D eigenvalue weighted by Gasteiger charge is -2.28. The van der Waals surface area contributed by atoms with E-state index in [1.807, 2.05) is 6.92 Å². The molecule has 0 aromatic heterocycles. The van der Waals surface area contributed by atoms with Crippen molar-refractivity contribution >= 4 is 16.7 Å². The van der Waals surface area contributed by atoms with E-state index < -0.39 is 10.8 Å². The molecule has 1 atom stereocenters. The van der Waals surface area contributed by atoms with Crippen LogP contribution in [0.1, 0.15) is 6.92 Å². The lowest BCUT2D eigenvalue weighted by Crippen LogP contribution is -2.48. The average molecular weight is 204 g/mol. The van der Waals surface area contributed by atoms with Gasteiger partial charge in [0.15, 0.2) is 0 Å². The van der Waals surface area contributed by atoms with Gasteiger partial charge in [0, 0.05) is 35.4 Å². The van der Waals surface area contributed by atoms with E-state index >= 15 is 0 Å². The zero-order valence-electron chi connectivity index (χ0n) is 8.08. The molecule has 1 aliphatic heterocycles. The molecule has 1 aliphatic rings. The van der Waals surface area contributed by atoms with Gasteiger partial charge in [-0.05, 0) is 14.0 Å². The maximum Gasteiger partial charge on any atom is 0.239 e. The molecular formula is C8H16N2O2S. The van der Waals surface area contributed by atoms with Gasteiger partial charge in [-0.1, -0.05) is 0 Å². The third kappa shape index (κ3) is 2.77. The van der Waals surface area contributed by atoms with Gasteiger partial charge in [0.25, 0.3) is 0 Å². The first-order valence-electron chi connectivity index (χ1n) is 4.46. The fraction of sp³-hybridized carbons (Fsp3) is 0.875. The molecule has 0 aromatic carbocycles. The summed E-state index contributed by atoms with van der Waals surface area (Å²) >= 11 is 0. The standard InChI is InChI=1S/C8H16N2O2S/c1-7(9-2)8(11)10-3-5-13(12)6-4-10/h7,9H,3-6H2,1-2H3/t7-/m0/s1. The van der Waals surface area contributed by atoms with Crippen LogP contribution in [0.25, 0.3) is 0 Å². The van der Waals surface area contributed by atoms with Gasteiger partial charge in [0.05, 0.1) is 6.04 Å². The highest BCUT2D eigenvalue weighted by Gasteiger charge is 2.22. The summed E-state index contributed by atoms with van der Waals surface area (Å²) in [7, 11) is 1.06. The Bertz CT molecular complexity index is 210. The average Bonchev–Trinajstić information content (AvgIpc) is 2.17. The summed E-state index contributed by atoms with van der Waals surface area (Å²) in [6, 6.07) is -0.133. The minimum absolute atomic E-state index is 0.110. The monoisotopic (exact) mass is 204 g/mol. The van der Waals surface area contributed by atoms with Gasteiger partial charge in [-0.25, -0.2) is 0 Å². The fourth-order valence-corrected chi connectivity index (χ4v) is 2.31. The normalized spacial score (nSPS) is 21.5. The summed E-state index contributed by atoms with van der Waals surface area (Å²) in [5, 5.41) is 2.91. The fourth-order valence-electron chi connectivity index (χ4n) is 1.26. The van der Waals surface area contributed by atoms with E-state index in [1.54, 1.807) is 11.9 Å². The van der Waals surface area contributed by atoms with Crippen LogP contribution in [0.4, 0.5) is 0 Å². The van der Waals surface area contributed by atoms with E-state index in [9.17, 15) is 9.00 Å². The van der Waals surface area contributed by atoms with E-state index in [0.29, 0.717) is 24.6 Å². The molecule has 1 N–H and O–H groups in total. The van der Waals surface area contributed by atoms with Crippen LogP contribution >= 0.6 is 0 Å². The minimum Gasteiger partial charge on any atom is -0.340 e. The maximum absolute atomic E-state index is 11.6. The van der Waals surface area contributed by atoms with Crippen molar-refractivity contribution in [3.8, 4) is 0 Å². The van der Waals surface area contributed by atoms with Crippen molar-refractivity contribution < 1.29 is 9.00 Å². The first-order chi connectivity index (χ1) is 6.15. The summed E-state index contributed by atoms with van der Waals surface area (Å²) < 4.78 is 11.0. The number of hydrogen-bond donors (Lipinski definition) is 1. The highest BCUT2D eigenvalue weighted by molar-refractivity contribution is 7.85. The van der Waals surface area contributed by atoms with E-state index in [4.69, 9.17) is 0 Å². The summed E-state index contributed by atoms with van der Waals surface area (Å²) in [5.74, 6) is 1.36. The molecule has 13 heavy (non-hydrogen) atoms. The van der Waals surface area contributed by atoms with Gasteiger partial charge in [-0.15, -0.1) is 0 Å². The molecule has 0 radical (unpaired) electrons. The van der Waals surface area contributed by atoms with Gasteiger partial charge in [0.1, 0.15) is 0 Å². The lowest BCUT2D eigenvalue weighted by atomic mass is 10.3. The van der Waals surface area contributed by atoms with E-state index in [0.717, 1.165) is 0 Å². The summed E-state index contributed by atoms with van der Waals surface area (Å²) in [6.07, 6.45) is 0. The van der Waals surface area contributed by atoms with E-state index in [-0.39, 0.29) is 11.9 Å². The first-order valence-corrected chi connectivity index (χ1v) is 5.95. The third-order valence-electron chi connectivity index (χ3n) is 2.29. The molecule has 1 amide bonds. The van der Waals surface area contributed by atoms with Crippen molar-refractivity contribution in [3.05, 3.63) is 0 Å². The molecule has 1 fully saturated rings. The highest BCUT2D eigenvalue weighted by Crippen LogP contribution is 2.02. The second-order valence-electron chi connectivity index (χ2n) is 3.18. The lowest BCUT2D eigenvalue weighted by molar-refractivity contribution is -0.132. The van der Waals surface area contributed by atoms with E-state index in [1.165, 1.54) is 0 Å². The first kappa shape index (κ1) is 10.7. The van der Waals surface area contributed by atoms with Crippen LogP contribution in [-0.2, 0) is 15.6 Å². The molecular weight excluding hydrogens is 188 g/mol. The Morgan fingerprint density at radius 3 is 2.46 bits per heavy atom. The topological polar surface area (TPSA) is 49.4 Å². The molecule has 1 heterocycles. The molecule has 1 rings (SSSR count). The van der Waals surface area contributed by atoms with Gasteiger partial charge in [-0.2, -0.15) is 0 Å². The summed E-state index contributed by atoms with van der Waals surface area (Å²) in [5.41, 5.74) is 0. The number of carbonyl (C=O) groups excluding carboxylic acids is 1. The molecule has 4 nitrogen and oxygen atoms in total. The second kappa shape index (κ2) is 4.72. The second-order valence-corrected chi connectivity index (χ2v) is 4.88. The predicted octanol–water partition coefficient (Wildman–Crippen LogP) is -0.815. The maximum atomic E-state index is 11.6. The van der Waals surface area contributed by atoms with Crippen molar-refractivity contribution in [2.45, 2.75) is 13.0 Å². The van der Waals surface area contributed by atoms with Crippen LogP contribution in [0.2, 0.25) is 0 Å². The third-order valence-corrected chi connectivity index (χ3v) is 3.57. The van der Waals surface area contributed by atoms with Crippen LogP contribution in [0, 0.1) is 0 Å². The number of nitrogens with zero attached hydrogens (tertiary/aromatic N) is 1.